The van der Waals surface area contributed by atoms with Crippen molar-refractivity contribution in [3.8, 4) is 5.75 Å². The summed E-state index contributed by atoms with van der Waals surface area (Å²) in [6, 6.07) is 2.25. The number of hydrogen-bond acceptors (Lipinski definition) is 2. The van der Waals surface area contributed by atoms with Crippen LogP contribution in [-0.2, 0) is 0 Å². The summed E-state index contributed by atoms with van der Waals surface area (Å²) in [7, 11) is 0. The molecule has 0 unspecified atom stereocenters. The summed E-state index contributed by atoms with van der Waals surface area (Å²) in [6.07, 6.45) is 2.21. The molecule has 0 radical (unpaired) electrons. The molecule has 0 heterocycles. The van der Waals surface area contributed by atoms with E-state index in [1.54, 1.807) is 0 Å². The van der Waals surface area contributed by atoms with E-state index in [-0.39, 0.29) is 11.4 Å². The number of ether oxygens (including phenoxy) is 1. The van der Waals surface area contributed by atoms with Crippen molar-refractivity contribution in [1.29, 1.82) is 0 Å². The van der Waals surface area contributed by atoms with Crippen LogP contribution in [0.4, 0.5) is 14.5 Å². The number of anilines is 1. The lowest BCUT2D eigenvalue weighted by molar-refractivity contribution is 0.280. The predicted octanol–water partition coefficient (Wildman–Crippen LogP) is 2.34. The zero-order valence-corrected chi connectivity index (χ0v) is 7.59. The first kappa shape index (κ1) is 9.24. The second kappa shape index (κ2) is 3.44. The third-order valence-corrected chi connectivity index (χ3v) is 2.19. The first-order valence-electron chi connectivity index (χ1n) is 4.54. The van der Waals surface area contributed by atoms with Gasteiger partial charge in [-0.05, 0) is 18.8 Å². The van der Waals surface area contributed by atoms with Gasteiger partial charge < -0.3 is 10.5 Å². The van der Waals surface area contributed by atoms with Crippen LogP contribution in [0.2, 0.25) is 0 Å². The minimum atomic E-state index is -0.962. The largest absolute Gasteiger partial charge is 0.490 e. The number of benzene rings is 1. The van der Waals surface area contributed by atoms with Crippen LogP contribution in [0, 0.1) is 17.6 Å². The highest BCUT2D eigenvalue weighted by molar-refractivity contribution is 5.45. The van der Waals surface area contributed by atoms with E-state index >= 15 is 0 Å². The van der Waals surface area contributed by atoms with Crippen molar-refractivity contribution in [1.82, 2.24) is 0 Å². The number of rotatable bonds is 3. The highest BCUT2D eigenvalue weighted by atomic mass is 19.2. The smallest absolute Gasteiger partial charge is 0.200 e. The lowest BCUT2D eigenvalue weighted by Crippen LogP contribution is -2.03. The highest BCUT2D eigenvalue weighted by Gasteiger charge is 2.23. The van der Waals surface area contributed by atoms with Crippen LogP contribution in [0.5, 0.6) is 5.75 Å². The number of halogens is 2. The quantitative estimate of drug-likeness (QED) is 0.758. The Kier molecular flexibility index (Phi) is 2.27. The van der Waals surface area contributed by atoms with Gasteiger partial charge in [-0.15, -0.1) is 0 Å². The van der Waals surface area contributed by atoms with Crippen molar-refractivity contribution in [2.45, 2.75) is 12.8 Å². The van der Waals surface area contributed by atoms with Gasteiger partial charge in [0.05, 0.1) is 6.61 Å². The Bertz CT molecular complexity index is 350. The van der Waals surface area contributed by atoms with E-state index in [0.29, 0.717) is 12.5 Å². The molecule has 1 fully saturated rings. The van der Waals surface area contributed by atoms with E-state index in [9.17, 15) is 8.78 Å². The Morgan fingerprint density at radius 3 is 2.71 bits per heavy atom. The molecule has 1 aromatic carbocycles. The summed E-state index contributed by atoms with van der Waals surface area (Å²) in [4.78, 5) is 0. The molecule has 0 amide bonds. The monoisotopic (exact) mass is 199 g/mol. The van der Waals surface area contributed by atoms with Gasteiger partial charge in [-0.3, -0.25) is 0 Å². The molecular weight excluding hydrogens is 188 g/mol. The van der Waals surface area contributed by atoms with Gasteiger partial charge in [-0.25, -0.2) is 4.39 Å². The molecule has 14 heavy (non-hydrogen) atoms. The number of hydrogen-bond donors (Lipinski definition) is 1. The Labute approximate surface area is 80.7 Å². The molecule has 1 aromatic rings. The molecule has 0 saturated heterocycles. The molecule has 0 spiro atoms. The van der Waals surface area contributed by atoms with E-state index in [2.05, 4.69) is 0 Å². The van der Waals surface area contributed by atoms with Crippen LogP contribution in [0.15, 0.2) is 12.1 Å². The van der Waals surface area contributed by atoms with Crippen LogP contribution < -0.4 is 10.5 Å². The van der Waals surface area contributed by atoms with Crippen molar-refractivity contribution >= 4 is 5.69 Å². The maximum Gasteiger partial charge on any atom is 0.200 e. The van der Waals surface area contributed by atoms with Gasteiger partial charge >= 0.3 is 0 Å². The van der Waals surface area contributed by atoms with Gasteiger partial charge in [0.2, 0.25) is 5.82 Å². The molecule has 1 aliphatic rings. The Morgan fingerprint density at radius 2 is 2.07 bits per heavy atom. The van der Waals surface area contributed by atoms with Gasteiger partial charge in [0, 0.05) is 17.8 Å². The molecule has 0 bridgehead atoms. The van der Waals surface area contributed by atoms with Crippen LogP contribution in [0.25, 0.3) is 0 Å². The average Bonchev–Trinajstić information content (AvgIpc) is 2.92. The molecule has 0 aromatic heterocycles. The lowest BCUT2D eigenvalue weighted by atomic mass is 10.3. The molecular formula is C10H11F2NO. The van der Waals surface area contributed by atoms with Crippen molar-refractivity contribution in [2.75, 3.05) is 12.3 Å². The molecule has 1 aliphatic carbocycles. The molecule has 0 aliphatic heterocycles. The zero-order valence-electron chi connectivity index (χ0n) is 7.59. The van der Waals surface area contributed by atoms with Crippen molar-refractivity contribution < 1.29 is 13.5 Å². The topological polar surface area (TPSA) is 35.2 Å². The summed E-state index contributed by atoms with van der Waals surface area (Å²) < 4.78 is 31.1. The number of nitrogens with two attached hydrogens (primary N) is 1. The molecule has 1 saturated carbocycles. The number of nitrogen functional groups attached to an aromatic ring is 1. The van der Waals surface area contributed by atoms with Crippen LogP contribution in [0.3, 0.4) is 0 Å². The third kappa shape index (κ3) is 1.95. The average molecular weight is 199 g/mol. The van der Waals surface area contributed by atoms with Crippen molar-refractivity contribution in [3.63, 3.8) is 0 Å². The summed E-state index contributed by atoms with van der Waals surface area (Å²) in [5.74, 6) is -1.51. The predicted molar refractivity (Wildman–Crippen MR) is 49.0 cm³/mol. The van der Waals surface area contributed by atoms with Crippen molar-refractivity contribution in [2.24, 2.45) is 5.92 Å². The van der Waals surface area contributed by atoms with Crippen LogP contribution >= 0.6 is 0 Å². The van der Waals surface area contributed by atoms with Crippen LogP contribution in [0.1, 0.15) is 12.8 Å². The minimum absolute atomic E-state index is 0.0885. The van der Waals surface area contributed by atoms with Gasteiger partial charge in [-0.2, -0.15) is 4.39 Å². The second-order valence-electron chi connectivity index (χ2n) is 3.57. The van der Waals surface area contributed by atoms with Crippen LogP contribution in [-0.4, -0.2) is 6.61 Å². The van der Waals surface area contributed by atoms with Gasteiger partial charge in [0.15, 0.2) is 11.6 Å². The van der Waals surface area contributed by atoms with Gasteiger partial charge in [-0.1, -0.05) is 0 Å². The fraction of sp³-hybridized carbons (Fsp3) is 0.400. The summed E-state index contributed by atoms with van der Waals surface area (Å²) in [5, 5.41) is 0. The molecule has 4 heteroatoms. The normalized spacial score (nSPS) is 15.6. The van der Waals surface area contributed by atoms with Gasteiger partial charge in [0.25, 0.3) is 0 Å². The first-order valence-corrected chi connectivity index (χ1v) is 4.54. The standard InChI is InChI=1S/C10H11F2NO/c11-8-3-7(13)4-9(10(8)12)14-5-6-1-2-6/h3-4,6H,1-2,5,13H2. The Balaban J connectivity index is 2.13. The fourth-order valence-corrected chi connectivity index (χ4v) is 1.18. The molecule has 2 rings (SSSR count). The second-order valence-corrected chi connectivity index (χ2v) is 3.57. The highest BCUT2D eigenvalue weighted by Crippen LogP contribution is 2.31. The lowest BCUT2D eigenvalue weighted by Gasteiger charge is -2.07. The van der Waals surface area contributed by atoms with E-state index in [1.165, 1.54) is 6.07 Å². The summed E-state index contributed by atoms with van der Waals surface area (Å²) in [6.45, 7) is 0.444. The Morgan fingerprint density at radius 1 is 1.36 bits per heavy atom. The van der Waals surface area contributed by atoms with Gasteiger partial charge in [0.1, 0.15) is 0 Å². The Hall–Kier alpha value is -1.32. The molecule has 0 atom stereocenters. The third-order valence-electron chi connectivity index (χ3n) is 2.19. The van der Waals surface area contributed by atoms with E-state index in [0.717, 1.165) is 18.9 Å². The van der Waals surface area contributed by atoms with E-state index < -0.39 is 11.6 Å². The fourth-order valence-electron chi connectivity index (χ4n) is 1.18. The van der Waals surface area contributed by atoms with E-state index in [4.69, 9.17) is 10.5 Å². The minimum Gasteiger partial charge on any atom is -0.490 e. The SMILES string of the molecule is Nc1cc(F)c(F)c(OCC2CC2)c1. The molecule has 76 valence electrons. The summed E-state index contributed by atoms with van der Waals surface area (Å²) >= 11 is 0. The first-order chi connectivity index (χ1) is 6.66. The van der Waals surface area contributed by atoms with Crippen molar-refractivity contribution in [3.05, 3.63) is 23.8 Å². The zero-order chi connectivity index (χ0) is 10.1. The summed E-state index contributed by atoms with van der Waals surface area (Å²) in [5.41, 5.74) is 5.54. The molecule has 2 N–H and O–H groups in total. The van der Waals surface area contributed by atoms with E-state index in [1.807, 2.05) is 0 Å². The molecule has 2 nitrogen and oxygen atoms in total. The maximum atomic E-state index is 13.1. The maximum absolute atomic E-state index is 13.1.